The number of para-hydroxylation sites is 1. The minimum Gasteiger partial charge on any atom is -0.457 e. The van der Waals surface area contributed by atoms with Crippen molar-refractivity contribution in [1.29, 1.82) is 0 Å². The molecule has 0 unspecified atom stereocenters. The van der Waals surface area contributed by atoms with Crippen molar-refractivity contribution in [3.8, 4) is 22.8 Å². The van der Waals surface area contributed by atoms with Crippen molar-refractivity contribution < 1.29 is 19.2 Å². The Morgan fingerprint density at radius 3 is 2.50 bits per heavy atom. The summed E-state index contributed by atoms with van der Waals surface area (Å²) in [4.78, 5) is 24.9. The summed E-state index contributed by atoms with van der Waals surface area (Å²) < 4.78 is 7.37. The summed E-state index contributed by atoms with van der Waals surface area (Å²) in [5.74, 6) is 1.93. The molecule has 0 saturated carbocycles. The fraction of sp³-hybridized carbons (Fsp3) is 0.0526. The summed E-state index contributed by atoms with van der Waals surface area (Å²) in [7, 11) is 1.36. The Morgan fingerprint density at radius 2 is 1.79 bits per heavy atom. The van der Waals surface area contributed by atoms with Gasteiger partial charge in [-0.25, -0.2) is 4.98 Å². The van der Waals surface area contributed by atoms with Crippen molar-refractivity contribution in [3.05, 3.63) is 66.9 Å². The Hall–Kier alpha value is -4.14. The van der Waals surface area contributed by atoms with Gasteiger partial charge < -0.3 is 9.57 Å². The van der Waals surface area contributed by atoms with E-state index < -0.39 is 0 Å². The first-order valence-electron chi connectivity index (χ1n) is 8.32. The fourth-order valence-electron chi connectivity index (χ4n) is 2.62. The second-order valence-electron chi connectivity index (χ2n) is 5.57. The van der Waals surface area contributed by atoms with Crippen LogP contribution < -0.4 is 4.74 Å². The topological polar surface area (TPSA) is 94.0 Å². The molecular formula is C19H15N6O3+. The molecule has 0 spiro atoms. The molecule has 9 nitrogen and oxygen atoms in total. The zero-order valence-corrected chi connectivity index (χ0v) is 14.8. The monoisotopic (exact) mass is 375 g/mol. The number of benzene rings is 2. The number of hydrogen-bond donors (Lipinski definition) is 0. The van der Waals surface area contributed by atoms with Crippen molar-refractivity contribution in [3.63, 3.8) is 0 Å². The van der Waals surface area contributed by atoms with Crippen LogP contribution in [0.5, 0.6) is 11.5 Å². The Balaban J connectivity index is 1.68. The molecule has 0 aliphatic rings. The molecule has 0 aliphatic heterocycles. The van der Waals surface area contributed by atoms with E-state index in [9.17, 15) is 4.79 Å². The lowest BCUT2D eigenvalue weighted by molar-refractivity contribution is -0.770. The summed E-state index contributed by atoms with van der Waals surface area (Å²) in [6, 6.07) is 18.9. The van der Waals surface area contributed by atoms with E-state index in [-0.39, 0.29) is 5.95 Å². The normalized spacial score (nSPS) is 11.4. The number of carbonyl (C=O) groups excluding carboxylic acids is 1. The molecule has 0 radical (unpaired) electrons. The zero-order chi connectivity index (χ0) is 19.3. The maximum absolute atomic E-state index is 10.6. The van der Waals surface area contributed by atoms with Crippen molar-refractivity contribution >= 4 is 18.1 Å². The van der Waals surface area contributed by atoms with Gasteiger partial charge in [0.1, 0.15) is 18.6 Å². The van der Waals surface area contributed by atoms with Gasteiger partial charge >= 0.3 is 11.7 Å². The molecule has 0 aliphatic carbocycles. The summed E-state index contributed by atoms with van der Waals surface area (Å²) in [5, 5.41) is 7.84. The molecule has 0 N–H and O–H groups in total. The molecule has 1 amide bonds. The summed E-state index contributed by atoms with van der Waals surface area (Å²) in [6.07, 6.45) is 1.97. The van der Waals surface area contributed by atoms with E-state index in [4.69, 9.17) is 9.57 Å². The van der Waals surface area contributed by atoms with Crippen molar-refractivity contribution in [2.75, 3.05) is 7.11 Å². The van der Waals surface area contributed by atoms with Crippen LogP contribution >= 0.6 is 0 Å². The predicted octanol–water partition coefficient (Wildman–Crippen LogP) is 3.40. The highest BCUT2D eigenvalue weighted by Gasteiger charge is 2.23. The maximum atomic E-state index is 10.6. The van der Waals surface area contributed by atoms with Gasteiger partial charge in [-0.15, -0.1) is 4.52 Å². The van der Waals surface area contributed by atoms with Gasteiger partial charge in [-0.3, -0.25) is 4.79 Å². The van der Waals surface area contributed by atoms with Gasteiger partial charge in [0.2, 0.25) is 0 Å². The zero-order valence-electron chi connectivity index (χ0n) is 14.8. The van der Waals surface area contributed by atoms with Gasteiger partial charge in [0.25, 0.3) is 6.41 Å². The van der Waals surface area contributed by atoms with Crippen molar-refractivity contribution in [1.82, 2.24) is 19.6 Å². The third-order valence-electron chi connectivity index (χ3n) is 3.85. The smallest absolute Gasteiger partial charge is 0.457 e. The van der Waals surface area contributed by atoms with Crippen LogP contribution in [0.1, 0.15) is 0 Å². The van der Waals surface area contributed by atoms with Crippen LogP contribution in [0.25, 0.3) is 17.0 Å². The Kier molecular flexibility index (Phi) is 4.70. The third-order valence-corrected chi connectivity index (χ3v) is 3.85. The van der Waals surface area contributed by atoms with Crippen LogP contribution in [0.4, 0.5) is 5.95 Å². The number of aromatic nitrogens is 4. The molecule has 2 aromatic heterocycles. The SMILES string of the molecule is CO[N+](=NC=O)c1nc2nccc(-c3ccc(Oc4ccccc4)cc3)n2n1. The van der Waals surface area contributed by atoms with E-state index >= 15 is 0 Å². The molecule has 28 heavy (non-hydrogen) atoms. The van der Waals surface area contributed by atoms with E-state index in [1.54, 1.807) is 10.7 Å². The second kappa shape index (κ2) is 7.62. The van der Waals surface area contributed by atoms with Crippen LogP contribution in [0.15, 0.2) is 72.0 Å². The largest absolute Gasteiger partial charge is 0.515 e. The second-order valence-corrected chi connectivity index (χ2v) is 5.57. The molecule has 4 rings (SSSR count). The number of rotatable bonds is 6. The van der Waals surface area contributed by atoms with Crippen LogP contribution in [0, 0.1) is 0 Å². The number of ether oxygens (including phenoxy) is 1. The standard InChI is InChI=1S/C19H15N6O3/c1-27-25(21-13-26)19-22-18-20-12-11-17(24(18)23-19)14-7-9-16(10-8-14)28-15-5-3-2-4-6-15/h2-13H,1H3/q+1. The molecule has 2 aromatic carbocycles. The average Bonchev–Trinajstić information content (AvgIpc) is 3.17. The first-order chi connectivity index (χ1) is 13.8. The number of carbonyl (C=O) groups is 1. The van der Waals surface area contributed by atoms with Gasteiger partial charge in [-0.05, 0) is 52.6 Å². The highest BCUT2D eigenvalue weighted by Crippen LogP contribution is 2.26. The molecule has 0 saturated heterocycles. The maximum Gasteiger partial charge on any atom is 0.515 e. The van der Waals surface area contributed by atoms with Crippen molar-refractivity contribution in [2.24, 2.45) is 5.11 Å². The molecule has 0 fully saturated rings. The van der Waals surface area contributed by atoms with Crippen LogP contribution in [-0.4, -0.2) is 38.0 Å². The molecule has 138 valence electrons. The van der Waals surface area contributed by atoms with E-state index in [2.05, 4.69) is 20.2 Å². The molecular weight excluding hydrogens is 360 g/mol. The third kappa shape index (κ3) is 3.40. The van der Waals surface area contributed by atoms with Crippen LogP contribution in [-0.2, 0) is 9.63 Å². The van der Waals surface area contributed by atoms with Gasteiger partial charge in [0.15, 0.2) is 0 Å². The highest BCUT2D eigenvalue weighted by atomic mass is 16.7. The lowest BCUT2D eigenvalue weighted by atomic mass is 10.1. The number of azo groups is 1. The minimum absolute atomic E-state index is 0.0959. The number of nitrogens with zero attached hydrogens (tertiary/aromatic N) is 6. The number of hydrogen-bond acceptors (Lipinski definition) is 6. The predicted molar refractivity (Wildman–Crippen MR) is 98.2 cm³/mol. The van der Waals surface area contributed by atoms with Gasteiger partial charge in [0, 0.05) is 16.9 Å². The average molecular weight is 375 g/mol. The Bertz CT molecular complexity index is 1140. The molecule has 0 bridgehead atoms. The fourth-order valence-corrected chi connectivity index (χ4v) is 2.62. The lowest BCUT2D eigenvalue weighted by Crippen LogP contribution is -2.03. The van der Waals surface area contributed by atoms with Crippen molar-refractivity contribution in [2.45, 2.75) is 0 Å². The Labute approximate surface area is 159 Å². The first-order valence-corrected chi connectivity index (χ1v) is 8.32. The molecule has 0 atom stereocenters. The number of amides is 1. The molecule has 2 heterocycles. The molecule has 9 heteroatoms. The van der Waals surface area contributed by atoms with E-state index in [1.165, 1.54) is 7.11 Å². The minimum atomic E-state index is 0.0959. The van der Waals surface area contributed by atoms with Gasteiger partial charge in [-0.1, -0.05) is 18.2 Å². The van der Waals surface area contributed by atoms with E-state index in [0.29, 0.717) is 12.2 Å². The first kappa shape index (κ1) is 17.3. The van der Waals surface area contributed by atoms with Crippen LogP contribution in [0.2, 0.25) is 0 Å². The Morgan fingerprint density at radius 1 is 1.04 bits per heavy atom. The summed E-state index contributed by atoms with van der Waals surface area (Å²) >= 11 is 0. The highest BCUT2D eigenvalue weighted by molar-refractivity contribution is 5.62. The van der Waals surface area contributed by atoms with E-state index in [0.717, 1.165) is 27.6 Å². The van der Waals surface area contributed by atoms with E-state index in [1.807, 2.05) is 60.7 Å². The summed E-state index contributed by atoms with van der Waals surface area (Å²) in [6.45, 7) is 0. The number of fused-ring (bicyclic) bond motifs is 1. The van der Waals surface area contributed by atoms with Crippen LogP contribution in [0.3, 0.4) is 0 Å². The lowest BCUT2D eigenvalue weighted by Gasteiger charge is -2.06. The van der Waals surface area contributed by atoms with Gasteiger partial charge in [0.05, 0.1) is 10.6 Å². The molecule has 4 aromatic rings. The summed E-state index contributed by atoms with van der Waals surface area (Å²) in [5.41, 5.74) is 1.65. The quantitative estimate of drug-likeness (QED) is 0.222. The van der Waals surface area contributed by atoms with Gasteiger partial charge in [-0.2, -0.15) is 0 Å².